The topological polar surface area (TPSA) is 27.7 Å². The molecule has 0 radical (unpaired) electrons. The minimum absolute atomic E-state index is 0.380. The zero-order valence-electron chi connectivity index (χ0n) is 16.4. The molecule has 2 fully saturated rings. The van der Waals surface area contributed by atoms with Gasteiger partial charge < -0.3 is 14.0 Å². The molecule has 2 aromatic rings. The van der Waals surface area contributed by atoms with E-state index in [1.54, 1.807) is 12.1 Å². The van der Waals surface area contributed by atoms with E-state index in [0.717, 1.165) is 11.5 Å². The van der Waals surface area contributed by atoms with Crippen LogP contribution in [0.4, 0.5) is 4.39 Å². The second-order valence-corrected chi connectivity index (χ2v) is 8.58. The predicted molar refractivity (Wildman–Crippen MR) is 105 cm³/mol. The third kappa shape index (κ3) is 3.76. The average Bonchev–Trinajstić information content (AvgIpc) is 3.41. The highest BCUT2D eigenvalue weighted by Gasteiger charge is 2.52. The number of hydrogen-bond acceptors (Lipinski definition) is 3. The van der Waals surface area contributed by atoms with Gasteiger partial charge in [-0.15, -0.1) is 0 Å². The van der Waals surface area contributed by atoms with Crippen LogP contribution >= 0.6 is 0 Å². The Morgan fingerprint density at radius 3 is 2.19 bits per heavy atom. The standard InChI is InChI=1S/C22H26BFO3/c1-21(2)22(3,4)27-23(26-21)19-12-11-18(13-20(19)24)25-14-15-5-7-16(8-6-15)17-9-10-17/h5-8,11-13,17H,9-10,14H2,1-4H3. The van der Waals surface area contributed by atoms with Gasteiger partial charge in [0.05, 0.1) is 11.2 Å². The average molecular weight is 368 g/mol. The second kappa shape index (κ2) is 6.64. The normalized spacial score (nSPS) is 20.7. The summed E-state index contributed by atoms with van der Waals surface area (Å²) in [5.74, 6) is 0.866. The van der Waals surface area contributed by atoms with E-state index in [9.17, 15) is 4.39 Å². The van der Waals surface area contributed by atoms with Gasteiger partial charge in [-0.3, -0.25) is 0 Å². The van der Waals surface area contributed by atoms with Gasteiger partial charge in [0, 0.05) is 11.5 Å². The summed E-state index contributed by atoms with van der Waals surface area (Å²) in [6, 6.07) is 13.4. The van der Waals surface area contributed by atoms with E-state index in [0.29, 0.717) is 17.8 Å². The molecule has 27 heavy (non-hydrogen) atoms. The molecular weight excluding hydrogens is 342 g/mol. The van der Waals surface area contributed by atoms with Crippen molar-refractivity contribution in [3.8, 4) is 5.75 Å². The molecule has 1 heterocycles. The minimum atomic E-state index is -0.709. The Labute approximate surface area is 161 Å². The van der Waals surface area contributed by atoms with Gasteiger partial charge in [-0.1, -0.05) is 30.3 Å². The Balaban J connectivity index is 1.41. The van der Waals surface area contributed by atoms with Gasteiger partial charge in [0.2, 0.25) is 0 Å². The van der Waals surface area contributed by atoms with Crippen LogP contribution in [0.25, 0.3) is 0 Å². The molecule has 0 N–H and O–H groups in total. The van der Waals surface area contributed by atoms with Crippen molar-refractivity contribution in [3.63, 3.8) is 0 Å². The van der Waals surface area contributed by atoms with Crippen molar-refractivity contribution in [3.05, 3.63) is 59.4 Å². The first-order chi connectivity index (χ1) is 12.7. The van der Waals surface area contributed by atoms with Crippen LogP contribution in [0.1, 0.15) is 57.6 Å². The van der Waals surface area contributed by atoms with Crippen molar-refractivity contribution >= 4 is 12.6 Å². The van der Waals surface area contributed by atoms with Gasteiger partial charge in [0.15, 0.2) is 0 Å². The maximum atomic E-state index is 14.6. The van der Waals surface area contributed by atoms with Crippen LogP contribution in [0.2, 0.25) is 0 Å². The Bertz CT molecular complexity index is 812. The molecule has 2 aromatic carbocycles. The van der Waals surface area contributed by atoms with E-state index in [4.69, 9.17) is 14.0 Å². The third-order valence-electron chi connectivity index (χ3n) is 5.91. The monoisotopic (exact) mass is 368 g/mol. The van der Waals surface area contributed by atoms with Crippen LogP contribution < -0.4 is 10.2 Å². The maximum Gasteiger partial charge on any atom is 0.497 e. The molecule has 1 saturated carbocycles. The van der Waals surface area contributed by atoms with Crippen LogP contribution in [0, 0.1) is 5.82 Å². The van der Waals surface area contributed by atoms with Gasteiger partial charge in [-0.05, 0) is 63.6 Å². The summed E-state index contributed by atoms with van der Waals surface area (Å²) < 4.78 is 32.3. The van der Waals surface area contributed by atoms with Crippen molar-refractivity contribution in [2.45, 2.75) is 64.3 Å². The summed E-state index contributed by atoms with van der Waals surface area (Å²) in [6.07, 6.45) is 2.59. The first-order valence-corrected chi connectivity index (χ1v) is 9.62. The quantitative estimate of drug-likeness (QED) is 0.723. The Kier molecular flexibility index (Phi) is 4.56. The molecular formula is C22H26BFO3. The Morgan fingerprint density at radius 1 is 1.00 bits per heavy atom. The zero-order chi connectivity index (χ0) is 19.2. The fourth-order valence-electron chi connectivity index (χ4n) is 3.23. The number of ether oxygens (including phenoxy) is 1. The SMILES string of the molecule is CC1(C)OB(c2ccc(OCc3ccc(C4CC4)cc3)cc2F)OC1(C)C. The van der Waals surface area contributed by atoms with Gasteiger partial charge in [0.25, 0.3) is 0 Å². The van der Waals surface area contributed by atoms with Gasteiger partial charge in [-0.25, -0.2) is 4.39 Å². The van der Waals surface area contributed by atoms with Crippen molar-refractivity contribution < 1.29 is 18.4 Å². The Hall–Kier alpha value is -1.85. The first kappa shape index (κ1) is 18.5. The lowest BCUT2D eigenvalue weighted by atomic mass is 9.78. The molecule has 0 aromatic heterocycles. The molecule has 5 heteroatoms. The fraction of sp³-hybridized carbons (Fsp3) is 0.455. The third-order valence-corrected chi connectivity index (χ3v) is 5.91. The van der Waals surface area contributed by atoms with E-state index in [2.05, 4.69) is 24.3 Å². The summed E-state index contributed by atoms with van der Waals surface area (Å²) in [7, 11) is -0.709. The molecule has 2 aliphatic rings. The summed E-state index contributed by atoms with van der Waals surface area (Å²) in [5, 5.41) is 0. The summed E-state index contributed by atoms with van der Waals surface area (Å²) in [5.41, 5.74) is 1.89. The maximum absolute atomic E-state index is 14.6. The number of rotatable bonds is 5. The van der Waals surface area contributed by atoms with Crippen molar-refractivity contribution in [2.24, 2.45) is 0 Å². The van der Waals surface area contributed by atoms with Crippen LogP contribution in [0.3, 0.4) is 0 Å². The lowest BCUT2D eigenvalue weighted by Crippen LogP contribution is -2.41. The molecule has 0 atom stereocenters. The first-order valence-electron chi connectivity index (χ1n) is 9.62. The van der Waals surface area contributed by atoms with Crippen LogP contribution in [-0.2, 0) is 15.9 Å². The van der Waals surface area contributed by atoms with E-state index >= 15 is 0 Å². The molecule has 0 unspecified atom stereocenters. The van der Waals surface area contributed by atoms with Crippen molar-refractivity contribution in [1.82, 2.24) is 0 Å². The second-order valence-electron chi connectivity index (χ2n) is 8.58. The molecule has 1 aliphatic heterocycles. The van der Waals surface area contributed by atoms with Gasteiger partial charge in [-0.2, -0.15) is 0 Å². The molecule has 142 valence electrons. The van der Waals surface area contributed by atoms with E-state index in [-0.39, 0.29) is 5.82 Å². The van der Waals surface area contributed by atoms with Crippen LogP contribution in [0.5, 0.6) is 5.75 Å². The van der Waals surface area contributed by atoms with Gasteiger partial charge in [0.1, 0.15) is 18.2 Å². The number of halogens is 1. The highest BCUT2D eigenvalue weighted by Crippen LogP contribution is 2.40. The lowest BCUT2D eigenvalue weighted by molar-refractivity contribution is 0.00578. The molecule has 0 spiro atoms. The van der Waals surface area contributed by atoms with Crippen LogP contribution in [-0.4, -0.2) is 18.3 Å². The highest BCUT2D eigenvalue weighted by molar-refractivity contribution is 6.62. The largest absolute Gasteiger partial charge is 0.497 e. The molecule has 1 aliphatic carbocycles. The van der Waals surface area contributed by atoms with Crippen molar-refractivity contribution in [2.75, 3.05) is 0 Å². The summed E-state index contributed by atoms with van der Waals surface area (Å²) >= 11 is 0. The van der Waals surface area contributed by atoms with Crippen molar-refractivity contribution in [1.29, 1.82) is 0 Å². The lowest BCUT2D eigenvalue weighted by Gasteiger charge is -2.32. The van der Waals surface area contributed by atoms with Gasteiger partial charge >= 0.3 is 7.12 Å². The fourth-order valence-corrected chi connectivity index (χ4v) is 3.23. The highest BCUT2D eigenvalue weighted by atomic mass is 19.1. The smallest absolute Gasteiger partial charge is 0.489 e. The van der Waals surface area contributed by atoms with E-state index in [1.165, 1.54) is 24.5 Å². The van der Waals surface area contributed by atoms with E-state index in [1.807, 2.05) is 27.7 Å². The number of benzene rings is 2. The van der Waals surface area contributed by atoms with Crippen LogP contribution in [0.15, 0.2) is 42.5 Å². The summed E-state index contributed by atoms with van der Waals surface area (Å²) in [4.78, 5) is 0. The predicted octanol–water partition coefficient (Wildman–Crippen LogP) is 4.58. The molecule has 4 rings (SSSR count). The summed E-state index contributed by atoms with van der Waals surface area (Å²) in [6.45, 7) is 8.24. The molecule has 0 amide bonds. The minimum Gasteiger partial charge on any atom is -0.489 e. The number of hydrogen-bond donors (Lipinski definition) is 0. The zero-order valence-corrected chi connectivity index (χ0v) is 16.4. The van der Waals surface area contributed by atoms with E-state index < -0.39 is 18.3 Å². The molecule has 1 saturated heterocycles. The molecule has 3 nitrogen and oxygen atoms in total. The molecule has 0 bridgehead atoms. The Morgan fingerprint density at radius 2 is 1.63 bits per heavy atom.